The first-order valence-corrected chi connectivity index (χ1v) is 9.73. The topological polar surface area (TPSA) is 46.6 Å². The second-order valence-corrected chi connectivity index (χ2v) is 7.04. The average molecular weight is 398 g/mol. The molecule has 3 aromatic carbocycles. The summed E-state index contributed by atoms with van der Waals surface area (Å²) >= 11 is 0. The van der Waals surface area contributed by atoms with Crippen molar-refractivity contribution in [2.75, 3.05) is 28.5 Å². The standard InChI is InChI=1S/C23H22N6O/c1-26-24-17-29(25-26)21-10-6-12-23(16-21)30-22-11-5-9-20(15-22)28-14-13-27(18-28)19-7-3-2-4-8-19/h2-17,25H,18H2,1H3. The van der Waals surface area contributed by atoms with Crippen molar-refractivity contribution in [2.45, 2.75) is 0 Å². The first-order chi connectivity index (χ1) is 14.7. The fraction of sp³-hybridized carbons (Fsp3) is 0.0870. The molecule has 7 heteroatoms. The van der Waals surface area contributed by atoms with Crippen LogP contribution in [-0.2, 0) is 0 Å². The Bertz CT molecular complexity index is 1080. The van der Waals surface area contributed by atoms with E-state index in [1.165, 1.54) is 5.69 Å². The van der Waals surface area contributed by atoms with Crippen LogP contribution in [0, 0.1) is 0 Å². The SMILES string of the molecule is CN1N=CN(c2cccc(Oc3cccc(N4C=CN(c5ccccc5)C4)c3)c2)N1. The number of rotatable bonds is 5. The van der Waals surface area contributed by atoms with E-state index in [0.29, 0.717) is 0 Å². The van der Waals surface area contributed by atoms with Gasteiger partial charge in [-0.1, -0.05) is 30.3 Å². The van der Waals surface area contributed by atoms with Crippen molar-refractivity contribution >= 4 is 23.4 Å². The van der Waals surface area contributed by atoms with Gasteiger partial charge >= 0.3 is 0 Å². The van der Waals surface area contributed by atoms with Crippen LogP contribution < -0.4 is 25.1 Å². The summed E-state index contributed by atoms with van der Waals surface area (Å²) in [6.07, 6.45) is 5.90. The summed E-state index contributed by atoms with van der Waals surface area (Å²) in [5.74, 6) is 1.55. The number of hydrazine groups is 2. The molecule has 0 bridgehead atoms. The molecule has 7 nitrogen and oxygen atoms in total. The molecule has 2 aliphatic rings. The van der Waals surface area contributed by atoms with Crippen LogP contribution >= 0.6 is 0 Å². The molecular formula is C23H22N6O. The van der Waals surface area contributed by atoms with Gasteiger partial charge in [-0.05, 0) is 36.4 Å². The quantitative estimate of drug-likeness (QED) is 0.690. The summed E-state index contributed by atoms with van der Waals surface area (Å²) in [5, 5.41) is 7.63. The van der Waals surface area contributed by atoms with Gasteiger partial charge in [0.2, 0.25) is 0 Å². The predicted octanol–water partition coefficient (Wildman–Crippen LogP) is 4.35. The van der Waals surface area contributed by atoms with E-state index in [2.05, 4.69) is 69.2 Å². The fourth-order valence-electron chi connectivity index (χ4n) is 3.39. The molecule has 0 spiro atoms. The summed E-state index contributed by atoms with van der Waals surface area (Å²) < 4.78 is 6.14. The molecule has 2 heterocycles. The number of hydrogen-bond donors (Lipinski definition) is 1. The molecule has 1 N–H and O–H groups in total. The van der Waals surface area contributed by atoms with Gasteiger partial charge in [-0.2, -0.15) is 0 Å². The molecule has 150 valence electrons. The molecule has 0 atom stereocenters. The zero-order chi connectivity index (χ0) is 20.3. The van der Waals surface area contributed by atoms with E-state index in [4.69, 9.17) is 4.74 Å². The van der Waals surface area contributed by atoms with Gasteiger partial charge in [0.05, 0.1) is 12.4 Å². The molecule has 0 saturated carbocycles. The minimum absolute atomic E-state index is 0.760. The van der Waals surface area contributed by atoms with Crippen LogP contribution in [0.4, 0.5) is 17.1 Å². The van der Waals surface area contributed by atoms with Gasteiger partial charge in [0, 0.05) is 43.0 Å². The summed E-state index contributed by atoms with van der Waals surface area (Å²) in [7, 11) is 1.84. The minimum Gasteiger partial charge on any atom is -0.457 e. The van der Waals surface area contributed by atoms with Crippen LogP contribution in [0.3, 0.4) is 0 Å². The molecule has 0 amide bonds. The molecular weight excluding hydrogens is 376 g/mol. The van der Waals surface area contributed by atoms with Crippen LogP contribution in [-0.4, -0.2) is 25.2 Å². The van der Waals surface area contributed by atoms with Crippen molar-refractivity contribution in [1.82, 2.24) is 10.7 Å². The van der Waals surface area contributed by atoms with E-state index < -0.39 is 0 Å². The molecule has 5 rings (SSSR count). The number of nitrogens with zero attached hydrogens (tertiary/aromatic N) is 5. The molecule has 0 unspecified atom stereocenters. The fourth-order valence-corrected chi connectivity index (χ4v) is 3.39. The molecule has 3 aromatic rings. The molecule has 0 aromatic heterocycles. The van der Waals surface area contributed by atoms with Gasteiger partial charge < -0.3 is 14.5 Å². The normalized spacial score (nSPS) is 15.4. The van der Waals surface area contributed by atoms with Gasteiger partial charge in [-0.15, -0.1) is 10.6 Å². The Morgan fingerprint density at radius 3 is 2.10 bits per heavy atom. The number of nitrogens with one attached hydrogen (secondary N) is 1. The van der Waals surface area contributed by atoms with Gasteiger partial charge in [-0.3, -0.25) is 0 Å². The molecule has 0 fully saturated rings. The number of hydrazone groups is 1. The van der Waals surface area contributed by atoms with Crippen molar-refractivity contribution in [3.05, 3.63) is 91.3 Å². The number of anilines is 3. The molecule has 0 aliphatic carbocycles. The Labute approximate surface area is 175 Å². The molecule has 30 heavy (non-hydrogen) atoms. The van der Waals surface area contributed by atoms with Crippen molar-refractivity contribution in [3.8, 4) is 11.5 Å². The Kier molecular flexibility index (Phi) is 4.71. The third-order valence-corrected chi connectivity index (χ3v) is 4.89. The van der Waals surface area contributed by atoms with Gasteiger partial charge in [0.25, 0.3) is 0 Å². The van der Waals surface area contributed by atoms with E-state index in [9.17, 15) is 0 Å². The smallest absolute Gasteiger partial charge is 0.133 e. The lowest BCUT2D eigenvalue weighted by atomic mass is 10.2. The number of para-hydroxylation sites is 1. The highest BCUT2D eigenvalue weighted by molar-refractivity contribution is 5.79. The highest BCUT2D eigenvalue weighted by Crippen LogP contribution is 2.30. The van der Waals surface area contributed by atoms with Crippen LogP contribution in [0.15, 0.2) is 96.4 Å². The zero-order valence-electron chi connectivity index (χ0n) is 16.6. The zero-order valence-corrected chi connectivity index (χ0v) is 16.6. The highest BCUT2D eigenvalue weighted by Gasteiger charge is 2.16. The van der Waals surface area contributed by atoms with Crippen molar-refractivity contribution in [3.63, 3.8) is 0 Å². The van der Waals surface area contributed by atoms with Crippen molar-refractivity contribution < 1.29 is 4.74 Å². The average Bonchev–Trinajstić information content (AvgIpc) is 3.44. The summed E-state index contributed by atoms with van der Waals surface area (Å²) in [4.78, 5) is 4.40. The third kappa shape index (κ3) is 3.78. The van der Waals surface area contributed by atoms with Gasteiger partial charge in [0.15, 0.2) is 0 Å². The summed E-state index contributed by atoms with van der Waals surface area (Å²) in [6.45, 7) is 0.760. The van der Waals surface area contributed by atoms with Gasteiger partial charge in [-0.25, -0.2) is 10.1 Å². The Hall–Kier alpha value is -3.97. The van der Waals surface area contributed by atoms with Crippen LogP contribution in [0.2, 0.25) is 0 Å². The monoisotopic (exact) mass is 398 g/mol. The van der Waals surface area contributed by atoms with Crippen molar-refractivity contribution in [1.29, 1.82) is 0 Å². The molecule has 2 aliphatic heterocycles. The number of benzene rings is 3. The maximum absolute atomic E-state index is 6.14. The van der Waals surface area contributed by atoms with Gasteiger partial charge in [0.1, 0.15) is 17.8 Å². The number of hydrogen-bond acceptors (Lipinski definition) is 7. The van der Waals surface area contributed by atoms with E-state index in [-0.39, 0.29) is 0 Å². The van der Waals surface area contributed by atoms with E-state index in [1.54, 1.807) is 11.5 Å². The van der Waals surface area contributed by atoms with Crippen LogP contribution in [0.1, 0.15) is 0 Å². The van der Waals surface area contributed by atoms with E-state index in [1.807, 2.05) is 54.5 Å². The third-order valence-electron chi connectivity index (χ3n) is 4.89. The first kappa shape index (κ1) is 18.1. The second kappa shape index (κ2) is 7.81. The largest absolute Gasteiger partial charge is 0.457 e. The predicted molar refractivity (Wildman–Crippen MR) is 120 cm³/mol. The number of ether oxygens (including phenoxy) is 1. The highest BCUT2D eigenvalue weighted by atomic mass is 16.5. The minimum atomic E-state index is 0.760. The Morgan fingerprint density at radius 2 is 1.40 bits per heavy atom. The molecule has 0 radical (unpaired) electrons. The lowest BCUT2D eigenvalue weighted by Gasteiger charge is -2.22. The van der Waals surface area contributed by atoms with Crippen LogP contribution in [0.5, 0.6) is 11.5 Å². The maximum Gasteiger partial charge on any atom is 0.133 e. The van der Waals surface area contributed by atoms with Crippen LogP contribution in [0.25, 0.3) is 0 Å². The van der Waals surface area contributed by atoms with E-state index in [0.717, 1.165) is 29.5 Å². The second-order valence-electron chi connectivity index (χ2n) is 7.04. The Balaban J connectivity index is 1.29. The lowest BCUT2D eigenvalue weighted by Crippen LogP contribution is -2.38. The lowest BCUT2D eigenvalue weighted by molar-refractivity contribution is 0.279. The summed E-state index contributed by atoms with van der Waals surface area (Å²) in [5.41, 5.74) is 6.29. The molecule has 0 saturated heterocycles. The van der Waals surface area contributed by atoms with E-state index >= 15 is 0 Å². The first-order valence-electron chi connectivity index (χ1n) is 9.73. The Morgan fingerprint density at radius 1 is 0.767 bits per heavy atom. The maximum atomic E-state index is 6.14. The summed E-state index contributed by atoms with van der Waals surface area (Å²) in [6, 6.07) is 26.3. The van der Waals surface area contributed by atoms with Crippen molar-refractivity contribution in [2.24, 2.45) is 5.10 Å².